The second-order valence-corrected chi connectivity index (χ2v) is 5.56. The third kappa shape index (κ3) is 5.13. The van der Waals surface area contributed by atoms with Crippen molar-refractivity contribution in [2.75, 3.05) is 6.54 Å². The number of halogens is 2. The summed E-state index contributed by atoms with van der Waals surface area (Å²) < 4.78 is 0. The van der Waals surface area contributed by atoms with Crippen molar-refractivity contribution in [3.8, 4) is 0 Å². The van der Waals surface area contributed by atoms with Crippen LogP contribution < -0.4 is 5.32 Å². The zero-order chi connectivity index (χ0) is 16.8. The summed E-state index contributed by atoms with van der Waals surface area (Å²) in [7, 11) is 0. The van der Waals surface area contributed by atoms with Gasteiger partial charge in [0, 0.05) is 16.1 Å². The van der Waals surface area contributed by atoms with Gasteiger partial charge in [0.15, 0.2) is 0 Å². The molecule has 0 fully saturated rings. The van der Waals surface area contributed by atoms with E-state index in [1.54, 1.807) is 48.5 Å². The van der Waals surface area contributed by atoms with Gasteiger partial charge in [-0.1, -0.05) is 47.5 Å². The minimum absolute atomic E-state index is 0.441. The van der Waals surface area contributed by atoms with Crippen LogP contribution in [0.5, 0.6) is 0 Å². The molecule has 6 heteroatoms. The monoisotopic (exact) mass is 349 g/mol. The van der Waals surface area contributed by atoms with E-state index in [0.717, 1.165) is 11.1 Å². The first-order chi connectivity index (χ1) is 11.0. The number of carboxylic acids is 1. The zero-order valence-electron chi connectivity index (χ0n) is 11.9. The lowest BCUT2D eigenvalue weighted by Gasteiger charge is -2.09. The van der Waals surface area contributed by atoms with Crippen LogP contribution in [0.15, 0.2) is 54.6 Å². The Hall–Kier alpha value is -2.30. The van der Waals surface area contributed by atoms with Gasteiger partial charge < -0.3 is 10.4 Å². The molecule has 0 aromatic heterocycles. The lowest BCUT2D eigenvalue weighted by molar-refractivity contribution is -0.137. The van der Waals surface area contributed by atoms with Gasteiger partial charge in [0.25, 0.3) is 0 Å². The molecule has 0 aliphatic rings. The van der Waals surface area contributed by atoms with Crippen molar-refractivity contribution in [1.82, 2.24) is 5.32 Å². The molecule has 2 rings (SSSR count). The smallest absolute Gasteiger partial charge is 0.322 e. The number of carbonyl (C=O) groups excluding carboxylic acids is 1. The van der Waals surface area contributed by atoms with Gasteiger partial charge >= 0.3 is 5.97 Å². The first-order valence-corrected chi connectivity index (χ1v) is 7.44. The van der Waals surface area contributed by atoms with Crippen molar-refractivity contribution in [2.45, 2.75) is 0 Å². The minimum atomic E-state index is -1.11. The van der Waals surface area contributed by atoms with Gasteiger partial charge in [-0.3, -0.25) is 9.59 Å². The van der Waals surface area contributed by atoms with Gasteiger partial charge in [0.05, 0.1) is 0 Å². The number of rotatable bonds is 5. The third-order valence-corrected chi connectivity index (χ3v) is 3.50. The SMILES string of the molecule is O=C(O)CNC(=O)C=C(c1ccc(Cl)cc1)c1ccc(Cl)cc1. The number of amides is 1. The summed E-state index contributed by atoms with van der Waals surface area (Å²) in [5.41, 5.74) is 2.20. The van der Waals surface area contributed by atoms with E-state index >= 15 is 0 Å². The number of nitrogens with one attached hydrogen (secondary N) is 1. The highest BCUT2D eigenvalue weighted by Crippen LogP contribution is 2.25. The maximum Gasteiger partial charge on any atom is 0.322 e. The average Bonchev–Trinajstić information content (AvgIpc) is 2.52. The van der Waals surface area contributed by atoms with Gasteiger partial charge in [-0.2, -0.15) is 0 Å². The predicted octanol–water partition coefficient (Wildman–Crippen LogP) is 3.63. The molecule has 0 saturated heterocycles. The molecule has 0 atom stereocenters. The van der Waals surface area contributed by atoms with Crippen molar-refractivity contribution in [3.63, 3.8) is 0 Å². The Morgan fingerprint density at radius 1 is 0.913 bits per heavy atom. The fraction of sp³-hybridized carbons (Fsp3) is 0.0588. The van der Waals surface area contributed by atoms with Crippen LogP contribution in [0.4, 0.5) is 0 Å². The van der Waals surface area contributed by atoms with Gasteiger partial charge in [-0.15, -0.1) is 0 Å². The molecule has 0 bridgehead atoms. The normalized spacial score (nSPS) is 10.0. The Morgan fingerprint density at radius 3 is 1.74 bits per heavy atom. The summed E-state index contributed by atoms with van der Waals surface area (Å²) >= 11 is 11.8. The molecular weight excluding hydrogens is 337 g/mol. The van der Waals surface area contributed by atoms with Gasteiger partial charge in [-0.05, 0) is 41.0 Å². The van der Waals surface area contributed by atoms with Crippen LogP contribution in [0.1, 0.15) is 11.1 Å². The minimum Gasteiger partial charge on any atom is -0.480 e. The third-order valence-electron chi connectivity index (χ3n) is 3.00. The molecule has 2 N–H and O–H groups in total. The second-order valence-electron chi connectivity index (χ2n) is 4.68. The van der Waals surface area contributed by atoms with Crippen LogP contribution in [0.2, 0.25) is 10.0 Å². The van der Waals surface area contributed by atoms with Crippen molar-refractivity contribution in [2.24, 2.45) is 0 Å². The number of aliphatic carboxylic acids is 1. The standard InChI is InChI=1S/C17H13Cl2NO3/c18-13-5-1-11(2-6-13)15(9-16(21)20-10-17(22)23)12-3-7-14(19)8-4-12/h1-9H,10H2,(H,20,21)(H,22,23). The van der Waals surface area contributed by atoms with Gasteiger partial charge in [-0.25, -0.2) is 0 Å². The Morgan fingerprint density at radius 2 is 1.35 bits per heavy atom. The maximum atomic E-state index is 11.9. The van der Waals surface area contributed by atoms with Gasteiger partial charge in [0.1, 0.15) is 6.54 Å². The molecule has 0 aliphatic heterocycles. The highest BCUT2D eigenvalue weighted by Gasteiger charge is 2.09. The van der Waals surface area contributed by atoms with Crippen LogP contribution in [-0.4, -0.2) is 23.5 Å². The van der Waals surface area contributed by atoms with Crippen molar-refractivity contribution in [3.05, 3.63) is 75.8 Å². The fourth-order valence-electron chi connectivity index (χ4n) is 1.94. The van der Waals surface area contributed by atoms with Crippen LogP contribution in [0.3, 0.4) is 0 Å². The first-order valence-electron chi connectivity index (χ1n) is 6.69. The first kappa shape index (κ1) is 17.1. The number of hydrogen-bond donors (Lipinski definition) is 2. The van der Waals surface area contributed by atoms with Crippen molar-refractivity contribution in [1.29, 1.82) is 0 Å². The summed E-state index contributed by atoms with van der Waals surface area (Å²) in [6.07, 6.45) is 1.36. The number of hydrogen-bond acceptors (Lipinski definition) is 2. The molecule has 0 aliphatic carbocycles. The lowest BCUT2D eigenvalue weighted by Crippen LogP contribution is -2.27. The van der Waals surface area contributed by atoms with Crippen molar-refractivity contribution >= 4 is 40.7 Å². The molecule has 0 spiro atoms. The number of carbonyl (C=O) groups is 2. The largest absolute Gasteiger partial charge is 0.480 e. The molecule has 0 heterocycles. The van der Waals surface area contributed by atoms with Crippen LogP contribution in [-0.2, 0) is 9.59 Å². The molecule has 4 nitrogen and oxygen atoms in total. The Bertz CT molecular complexity index is 690. The average molecular weight is 350 g/mol. The maximum absolute atomic E-state index is 11.9. The van der Waals surface area contributed by atoms with Crippen LogP contribution >= 0.6 is 23.2 Å². The number of benzene rings is 2. The summed E-state index contributed by atoms with van der Waals surface area (Å²) in [6, 6.07) is 14.0. The van der Waals surface area contributed by atoms with Crippen LogP contribution in [0.25, 0.3) is 5.57 Å². The summed E-state index contributed by atoms with van der Waals surface area (Å²) in [5, 5.41) is 12.1. The highest BCUT2D eigenvalue weighted by molar-refractivity contribution is 6.31. The van der Waals surface area contributed by atoms with E-state index in [1.165, 1.54) is 6.08 Å². The summed E-state index contributed by atoms with van der Waals surface area (Å²) in [5.74, 6) is -1.60. The Kier molecular flexibility index (Phi) is 5.79. The molecule has 0 saturated carbocycles. The van der Waals surface area contributed by atoms with E-state index in [2.05, 4.69) is 5.32 Å². The fourth-order valence-corrected chi connectivity index (χ4v) is 2.19. The lowest BCUT2D eigenvalue weighted by atomic mass is 9.97. The molecule has 23 heavy (non-hydrogen) atoms. The molecular formula is C17H13Cl2NO3. The number of carboxylic acid groups (broad SMARTS) is 1. The molecule has 0 unspecified atom stereocenters. The molecule has 2 aromatic carbocycles. The van der Waals surface area contributed by atoms with E-state index in [9.17, 15) is 9.59 Å². The molecule has 0 radical (unpaired) electrons. The highest BCUT2D eigenvalue weighted by atomic mass is 35.5. The van der Waals surface area contributed by atoms with Crippen LogP contribution in [0, 0.1) is 0 Å². The Balaban J connectivity index is 2.38. The van der Waals surface area contributed by atoms with E-state index in [1.807, 2.05) is 0 Å². The van der Waals surface area contributed by atoms with E-state index < -0.39 is 18.4 Å². The quantitative estimate of drug-likeness (QED) is 0.810. The van der Waals surface area contributed by atoms with E-state index in [4.69, 9.17) is 28.3 Å². The summed E-state index contributed by atoms with van der Waals surface area (Å²) in [6.45, 7) is -0.441. The zero-order valence-corrected chi connectivity index (χ0v) is 13.4. The summed E-state index contributed by atoms with van der Waals surface area (Å²) in [4.78, 5) is 22.5. The van der Waals surface area contributed by atoms with Crippen molar-refractivity contribution < 1.29 is 14.7 Å². The van der Waals surface area contributed by atoms with E-state index in [-0.39, 0.29) is 0 Å². The topological polar surface area (TPSA) is 66.4 Å². The molecule has 2 aromatic rings. The Labute approximate surface area is 143 Å². The molecule has 1 amide bonds. The molecule has 118 valence electrons. The predicted molar refractivity (Wildman–Crippen MR) is 90.6 cm³/mol. The second kappa shape index (κ2) is 7.81. The van der Waals surface area contributed by atoms with Gasteiger partial charge in [0.2, 0.25) is 5.91 Å². The van der Waals surface area contributed by atoms with E-state index in [0.29, 0.717) is 15.6 Å².